The van der Waals surface area contributed by atoms with Crippen LogP contribution in [0.3, 0.4) is 0 Å². The fourth-order valence-electron chi connectivity index (χ4n) is 5.21. The molecular weight excluding hydrogens is 499 g/mol. The Bertz CT molecular complexity index is 1470. The van der Waals surface area contributed by atoms with Crippen molar-refractivity contribution in [3.05, 3.63) is 102 Å². The van der Waals surface area contributed by atoms with E-state index >= 15 is 4.39 Å². The number of hydrogen-bond acceptors (Lipinski definition) is 4. The van der Waals surface area contributed by atoms with E-state index in [4.69, 9.17) is 5.10 Å². The molecule has 0 saturated carbocycles. The van der Waals surface area contributed by atoms with E-state index in [9.17, 15) is 9.59 Å². The average molecular weight is 527 g/mol. The van der Waals surface area contributed by atoms with Crippen molar-refractivity contribution in [3.63, 3.8) is 0 Å². The molecule has 1 fully saturated rings. The highest BCUT2D eigenvalue weighted by Gasteiger charge is 2.39. The lowest BCUT2D eigenvalue weighted by molar-refractivity contribution is -0.130. The number of carbonyl (C=O) groups is 2. The molecule has 4 aromatic rings. The van der Waals surface area contributed by atoms with Gasteiger partial charge in [0.15, 0.2) is 0 Å². The van der Waals surface area contributed by atoms with Gasteiger partial charge in [0.2, 0.25) is 11.8 Å². The van der Waals surface area contributed by atoms with Crippen molar-refractivity contribution in [2.75, 3.05) is 30.3 Å². The molecule has 38 heavy (non-hydrogen) atoms. The highest BCUT2D eigenvalue weighted by Crippen LogP contribution is 2.49. The lowest BCUT2D eigenvalue weighted by Gasteiger charge is -2.25. The van der Waals surface area contributed by atoms with Crippen LogP contribution in [0.15, 0.2) is 84.9 Å². The summed E-state index contributed by atoms with van der Waals surface area (Å²) in [7, 11) is 0. The third-order valence-electron chi connectivity index (χ3n) is 7.08. The molecular formula is C30H27FN4O2S. The summed E-state index contributed by atoms with van der Waals surface area (Å²) in [5, 5.41) is 4.54. The molecule has 0 bridgehead atoms. The Labute approximate surface area is 225 Å². The zero-order valence-corrected chi connectivity index (χ0v) is 21.6. The quantitative estimate of drug-likeness (QED) is 0.346. The molecule has 6 nitrogen and oxygen atoms in total. The van der Waals surface area contributed by atoms with E-state index in [-0.39, 0.29) is 29.9 Å². The summed E-state index contributed by atoms with van der Waals surface area (Å²) in [6.45, 7) is 1.32. The van der Waals surface area contributed by atoms with Crippen LogP contribution in [0.1, 0.15) is 29.2 Å². The minimum atomic E-state index is -0.491. The normalized spacial score (nSPS) is 17.4. The van der Waals surface area contributed by atoms with E-state index < -0.39 is 5.25 Å². The Hall–Kier alpha value is -3.91. The lowest BCUT2D eigenvalue weighted by Crippen LogP contribution is -2.43. The third kappa shape index (κ3) is 4.49. The molecule has 0 aliphatic carbocycles. The summed E-state index contributed by atoms with van der Waals surface area (Å²) in [6, 6.07) is 26.0. The number of hydrogen-bond donors (Lipinski definition) is 0. The number of benzene rings is 3. The van der Waals surface area contributed by atoms with Crippen molar-refractivity contribution in [2.24, 2.45) is 0 Å². The molecule has 0 spiro atoms. The maximum Gasteiger partial charge on any atom is 0.242 e. The zero-order valence-electron chi connectivity index (χ0n) is 20.8. The van der Waals surface area contributed by atoms with Gasteiger partial charge in [0.25, 0.3) is 0 Å². The standard InChI is InChI=1S/C30H27FN4O2S/c31-24-16-8-7-15-23(24)29-27-28(21-11-3-1-4-12-21)32-35(22-13-5-2-6-14-22)30(27)34(26(37)20-38-29)19-25(36)33-17-9-10-18-33/h1-8,11-16,29H,9-10,17-20H2. The number of fused-ring (bicyclic) bond motifs is 1. The number of aromatic nitrogens is 2. The van der Waals surface area contributed by atoms with E-state index in [2.05, 4.69) is 0 Å². The van der Waals surface area contributed by atoms with Crippen molar-refractivity contribution >= 4 is 29.4 Å². The monoisotopic (exact) mass is 526 g/mol. The Kier molecular flexibility index (Phi) is 6.72. The van der Waals surface area contributed by atoms with Gasteiger partial charge in [-0.1, -0.05) is 66.7 Å². The van der Waals surface area contributed by atoms with E-state index in [1.165, 1.54) is 17.8 Å². The predicted molar refractivity (Wildman–Crippen MR) is 148 cm³/mol. The molecule has 0 N–H and O–H groups in total. The molecule has 1 aromatic heterocycles. The molecule has 3 heterocycles. The van der Waals surface area contributed by atoms with Gasteiger partial charge in [-0.3, -0.25) is 14.5 Å². The van der Waals surface area contributed by atoms with E-state index in [0.29, 0.717) is 30.2 Å². The van der Waals surface area contributed by atoms with Crippen molar-refractivity contribution in [3.8, 4) is 16.9 Å². The number of halogens is 1. The molecule has 2 amide bonds. The van der Waals surface area contributed by atoms with Crippen LogP contribution >= 0.6 is 11.8 Å². The van der Waals surface area contributed by atoms with Gasteiger partial charge in [-0.15, -0.1) is 11.8 Å². The summed E-state index contributed by atoms with van der Waals surface area (Å²) < 4.78 is 17.0. The van der Waals surface area contributed by atoms with Crippen LogP contribution in [-0.2, 0) is 9.59 Å². The summed E-state index contributed by atoms with van der Waals surface area (Å²) in [6.07, 6.45) is 1.94. The third-order valence-corrected chi connectivity index (χ3v) is 8.31. The number of amides is 2. The summed E-state index contributed by atoms with van der Waals surface area (Å²) in [5.41, 5.74) is 3.51. The first-order chi connectivity index (χ1) is 18.6. The second kappa shape index (κ2) is 10.5. The first kappa shape index (κ1) is 24.4. The minimum Gasteiger partial charge on any atom is -0.341 e. The first-order valence-electron chi connectivity index (χ1n) is 12.8. The highest BCUT2D eigenvalue weighted by atomic mass is 32.2. The number of rotatable bonds is 5. The smallest absolute Gasteiger partial charge is 0.242 e. The van der Waals surface area contributed by atoms with Gasteiger partial charge in [-0.25, -0.2) is 9.07 Å². The van der Waals surface area contributed by atoms with Crippen molar-refractivity contribution in [1.29, 1.82) is 0 Å². The number of likely N-dealkylation sites (tertiary alicyclic amines) is 1. The minimum absolute atomic E-state index is 0.0802. The van der Waals surface area contributed by atoms with E-state index in [0.717, 1.165) is 29.7 Å². The second-order valence-corrected chi connectivity index (χ2v) is 10.6. The molecule has 2 aliphatic heterocycles. The van der Waals surface area contributed by atoms with E-state index in [1.54, 1.807) is 21.7 Å². The van der Waals surface area contributed by atoms with Gasteiger partial charge < -0.3 is 4.90 Å². The number of para-hydroxylation sites is 1. The van der Waals surface area contributed by atoms with Crippen LogP contribution in [0.25, 0.3) is 16.9 Å². The van der Waals surface area contributed by atoms with Gasteiger partial charge in [-0.2, -0.15) is 5.10 Å². The Morgan fingerprint density at radius 3 is 2.29 bits per heavy atom. The summed E-state index contributed by atoms with van der Waals surface area (Å²) >= 11 is 1.37. The molecule has 2 aliphatic rings. The maximum atomic E-state index is 15.3. The summed E-state index contributed by atoms with van der Waals surface area (Å²) in [5.74, 6) is 0.0177. The van der Waals surface area contributed by atoms with Crippen LogP contribution in [0.4, 0.5) is 10.2 Å². The molecule has 3 aromatic carbocycles. The fraction of sp³-hybridized carbons (Fsp3) is 0.233. The Morgan fingerprint density at radius 1 is 0.921 bits per heavy atom. The van der Waals surface area contributed by atoms with Gasteiger partial charge in [0.05, 0.1) is 22.4 Å². The van der Waals surface area contributed by atoms with Crippen LogP contribution in [0, 0.1) is 5.82 Å². The maximum absolute atomic E-state index is 15.3. The van der Waals surface area contributed by atoms with E-state index in [1.807, 2.05) is 71.6 Å². The number of nitrogens with zero attached hydrogens (tertiary/aromatic N) is 4. The van der Waals surface area contributed by atoms with Gasteiger partial charge in [0.1, 0.15) is 18.2 Å². The van der Waals surface area contributed by atoms with Gasteiger partial charge in [-0.05, 0) is 31.0 Å². The van der Waals surface area contributed by atoms with Crippen molar-refractivity contribution in [2.45, 2.75) is 18.1 Å². The van der Waals surface area contributed by atoms with Gasteiger partial charge >= 0.3 is 0 Å². The van der Waals surface area contributed by atoms with Crippen molar-refractivity contribution < 1.29 is 14.0 Å². The predicted octanol–water partition coefficient (Wildman–Crippen LogP) is 5.47. The molecule has 6 rings (SSSR count). The first-order valence-corrected chi connectivity index (χ1v) is 13.8. The Morgan fingerprint density at radius 2 is 1.58 bits per heavy atom. The fourth-order valence-corrected chi connectivity index (χ4v) is 6.43. The number of anilines is 1. The van der Waals surface area contributed by atoms with Crippen LogP contribution in [0.5, 0.6) is 0 Å². The molecule has 1 unspecified atom stereocenters. The zero-order chi connectivity index (χ0) is 26.1. The topological polar surface area (TPSA) is 58.4 Å². The van der Waals surface area contributed by atoms with Crippen LogP contribution in [-0.4, -0.2) is 51.9 Å². The molecule has 192 valence electrons. The largest absolute Gasteiger partial charge is 0.341 e. The highest BCUT2D eigenvalue weighted by molar-refractivity contribution is 8.00. The van der Waals surface area contributed by atoms with Crippen molar-refractivity contribution in [1.82, 2.24) is 14.7 Å². The van der Waals surface area contributed by atoms with Crippen LogP contribution < -0.4 is 4.90 Å². The lowest BCUT2D eigenvalue weighted by atomic mass is 9.99. The summed E-state index contributed by atoms with van der Waals surface area (Å²) in [4.78, 5) is 30.5. The molecule has 1 saturated heterocycles. The van der Waals surface area contributed by atoms with Crippen LogP contribution in [0.2, 0.25) is 0 Å². The molecule has 8 heteroatoms. The molecule has 0 radical (unpaired) electrons. The average Bonchev–Trinajstić information content (AvgIpc) is 3.60. The second-order valence-electron chi connectivity index (χ2n) is 9.48. The van der Waals surface area contributed by atoms with Gasteiger partial charge in [0, 0.05) is 29.8 Å². The number of carbonyl (C=O) groups excluding carboxylic acids is 2. The number of thioether (sulfide) groups is 1. The Balaban J connectivity index is 1.61. The SMILES string of the molecule is O=C(CN1C(=O)CSC(c2ccccc2F)c2c(-c3ccccc3)nn(-c3ccccc3)c21)N1CCCC1. The molecule has 1 atom stereocenters.